The van der Waals surface area contributed by atoms with Crippen LogP contribution in [0.2, 0.25) is 10.0 Å². The minimum Gasteiger partial charge on any atom is -0.492 e. The fraction of sp³-hybridized carbons (Fsp3) is 0.188. The van der Waals surface area contributed by atoms with Gasteiger partial charge >= 0.3 is 0 Å². The Morgan fingerprint density at radius 3 is 2.62 bits per heavy atom. The van der Waals surface area contributed by atoms with Gasteiger partial charge in [-0.25, -0.2) is 13.1 Å². The second-order valence-electron chi connectivity index (χ2n) is 5.02. The molecule has 0 atom stereocenters. The maximum atomic E-state index is 12.5. The summed E-state index contributed by atoms with van der Waals surface area (Å²) < 4.78 is 33.2. The quantitative estimate of drug-likeness (QED) is 0.624. The zero-order valence-corrected chi connectivity index (χ0v) is 17.5. The van der Waals surface area contributed by atoms with E-state index in [4.69, 9.17) is 27.9 Å². The van der Waals surface area contributed by atoms with E-state index in [1.54, 1.807) is 19.1 Å². The molecule has 2 N–H and O–H groups in total. The molecular formula is C16H15BrCl2N2O4S. The highest BCUT2D eigenvalue weighted by atomic mass is 79.9. The van der Waals surface area contributed by atoms with Crippen molar-refractivity contribution in [2.75, 3.05) is 18.5 Å². The van der Waals surface area contributed by atoms with E-state index in [9.17, 15) is 13.2 Å². The van der Waals surface area contributed by atoms with Crippen molar-refractivity contribution in [1.82, 2.24) is 4.72 Å². The molecular weight excluding hydrogens is 467 g/mol. The molecule has 0 fully saturated rings. The average Bonchev–Trinajstić information content (AvgIpc) is 2.58. The molecule has 0 aliphatic rings. The van der Waals surface area contributed by atoms with Gasteiger partial charge in [0.1, 0.15) is 10.6 Å². The molecule has 0 saturated heterocycles. The van der Waals surface area contributed by atoms with Crippen molar-refractivity contribution in [1.29, 1.82) is 0 Å². The third kappa shape index (κ3) is 5.59. The van der Waals surface area contributed by atoms with Crippen molar-refractivity contribution < 1.29 is 17.9 Å². The number of sulfonamides is 1. The van der Waals surface area contributed by atoms with Gasteiger partial charge in [-0.3, -0.25) is 4.79 Å². The van der Waals surface area contributed by atoms with Gasteiger partial charge in [0.05, 0.1) is 23.9 Å². The first-order chi connectivity index (χ1) is 12.2. The highest BCUT2D eigenvalue weighted by molar-refractivity contribution is 9.10. The van der Waals surface area contributed by atoms with Gasteiger partial charge in [-0.05, 0) is 43.3 Å². The Bertz CT molecular complexity index is 922. The second kappa shape index (κ2) is 9.05. The van der Waals surface area contributed by atoms with Crippen molar-refractivity contribution >= 4 is 60.7 Å². The Labute approximate surface area is 170 Å². The maximum absolute atomic E-state index is 12.5. The summed E-state index contributed by atoms with van der Waals surface area (Å²) in [7, 11) is -3.97. The van der Waals surface area contributed by atoms with Crippen molar-refractivity contribution in [3.8, 4) is 5.75 Å². The molecule has 0 radical (unpaired) electrons. The topological polar surface area (TPSA) is 84.5 Å². The molecule has 26 heavy (non-hydrogen) atoms. The van der Waals surface area contributed by atoms with Crippen molar-refractivity contribution in [2.24, 2.45) is 0 Å². The van der Waals surface area contributed by atoms with Crippen LogP contribution in [-0.4, -0.2) is 27.5 Å². The summed E-state index contributed by atoms with van der Waals surface area (Å²) in [6, 6.07) is 9.17. The number of halogens is 3. The normalized spacial score (nSPS) is 11.2. The molecule has 0 bridgehead atoms. The second-order valence-corrected chi connectivity index (χ2v) is 8.52. The van der Waals surface area contributed by atoms with Gasteiger partial charge in [-0.15, -0.1) is 0 Å². The molecule has 0 aromatic heterocycles. The predicted octanol–water partition coefficient (Wildman–Crippen LogP) is 4.07. The van der Waals surface area contributed by atoms with Gasteiger partial charge in [-0.2, -0.15) is 0 Å². The molecule has 140 valence electrons. The number of ether oxygens (including phenoxy) is 1. The minimum absolute atomic E-state index is 0.0673. The summed E-state index contributed by atoms with van der Waals surface area (Å²) in [4.78, 5) is 12.0. The van der Waals surface area contributed by atoms with Crippen LogP contribution in [0.1, 0.15) is 6.92 Å². The van der Waals surface area contributed by atoms with E-state index in [0.29, 0.717) is 21.8 Å². The Morgan fingerprint density at radius 2 is 1.92 bits per heavy atom. The lowest BCUT2D eigenvalue weighted by Crippen LogP contribution is -2.33. The van der Waals surface area contributed by atoms with E-state index in [1.165, 1.54) is 24.3 Å². The van der Waals surface area contributed by atoms with Crippen molar-refractivity contribution in [3.63, 3.8) is 0 Å². The standard InChI is InChI=1S/C16H15BrCl2N2O4S/c1-2-25-14-6-3-10(17)7-15(14)26(23,24)20-9-16(22)21-13-8-11(18)4-5-12(13)19/h3-8,20H,2,9H2,1H3,(H,21,22). The van der Waals surface area contributed by atoms with Crippen LogP contribution in [0.15, 0.2) is 45.8 Å². The molecule has 2 aromatic rings. The van der Waals surface area contributed by atoms with E-state index in [0.717, 1.165) is 0 Å². The largest absolute Gasteiger partial charge is 0.492 e. The Kier molecular flexibility index (Phi) is 7.31. The van der Waals surface area contributed by atoms with Gasteiger partial charge in [0.25, 0.3) is 0 Å². The number of nitrogens with one attached hydrogen (secondary N) is 2. The molecule has 2 rings (SSSR count). The zero-order chi connectivity index (χ0) is 19.3. The molecule has 0 heterocycles. The number of rotatable bonds is 7. The number of hydrogen-bond donors (Lipinski definition) is 2. The number of anilines is 1. The average molecular weight is 482 g/mol. The first-order valence-corrected chi connectivity index (χ1v) is 10.4. The summed E-state index contributed by atoms with van der Waals surface area (Å²) >= 11 is 15.0. The summed E-state index contributed by atoms with van der Waals surface area (Å²) in [5.74, 6) is -0.396. The fourth-order valence-electron chi connectivity index (χ4n) is 1.99. The number of carbonyl (C=O) groups is 1. The summed E-state index contributed by atoms with van der Waals surface area (Å²) in [6.45, 7) is 1.56. The van der Waals surface area contributed by atoms with Crippen LogP contribution < -0.4 is 14.8 Å². The summed E-state index contributed by atoms with van der Waals surface area (Å²) in [6.07, 6.45) is 0. The molecule has 6 nitrogen and oxygen atoms in total. The van der Waals surface area contributed by atoms with Gasteiger partial charge in [0.2, 0.25) is 15.9 Å². The van der Waals surface area contributed by atoms with E-state index in [-0.39, 0.29) is 15.7 Å². The molecule has 1 amide bonds. The van der Waals surface area contributed by atoms with E-state index in [1.807, 2.05) is 0 Å². The van der Waals surface area contributed by atoms with Gasteiger partial charge in [0.15, 0.2) is 0 Å². The number of carbonyl (C=O) groups excluding carboxylic acids is 1. The van der Waals surface area contributed by atoms with Crippen LogP contribution in [0.4, 0.5) is 5.69 Å². The highest BCUT2D eigenvalue weighted by Gasteiger charge is 2.21. The Morgan fingerprint density at radius 1 is 1.19 bits per heavy atom. The summed E-state index contributed by atoms with van der Waals surface area (Å²) in [5.41, 5.74) is 0.292. The lowest BCUT2D eigenvalue weighted by molar-refractivity contribution is -0.115. The smallest absolute Gasteiger partial charge is 0.244 e. The zero-order valence-electron chi connectivity index (χ0n) is 13.6. The predicted molar refractivity (Wildman–Crippen MR) is 106 cm³/mol. The molecule has 0 saturated carbocycles. The lowest BCUT2D eigenvalue weighted by Gasteiger charge is -2.13. The Hall–Kier alpha value is -1.32. The number of amides is 1. The molecule has 0 aliphatic heterocycles. The first-order valence-electron chi connectivity index (χ1n) is 7.40. The van der Waals surface area contributed by atoms with Crippen LogP contribution in [-0.2, 0) is 14.8 Å². The third-order valence-corrected chi connectivity index (χ3v) is 5.60. The van der Waals surface area contributed by atoms with Crippen LogP contribution in [0, 0.1) is 0 Å². The van der Waals surface area contributed by atoms with E-state index in [2.05, 4.69) is 26.0 Å². The Balaban J connectivity index is 2.11. The van der Waals surface area contributed by atoms with Gasteiger partial charge in [0, 0.05) is 9.50 Å². The lowest BCUT2D eigenvalue weighted by atomic mass is 10.3. The van der Waals surface area contributed by atoms with E-state index < -0.39 is 22.5 Å². The molecule has 0 spiro atoms. The van der Waals surface area contributed by atoms with Crippen LogP contribution in [0.3, 0.4) is 0 Å². The first kappa shape index (κ1) is 21.0. The maximum Gasteiger partial charge on any atom is 0.244 e. The van der Waals surface area contributed by atoms with Crippen molar-refractivity contribution in [3.05, 3.63) is 50.9 Å². The molecule has 2 aromatic carbocycles. The van der Waals surface area contributed by atoms with Gasteiger partial charge < -0.3 is 10.1 Å². The van der Waals surface area contributed by atoms with Crippen LogP contribution in [0.5, 0.6) is 5.75 Å². The number of benzene rings is 2. The fourth-order valence-corrected chi connectivity index (χ4v) is 3.99. The highest BCUT2D eigenvalue weighted by Crippen LogP contribution is 2.28. The van der Waals surface area contributed by atoms with Crippen molar-refractivity contribution in [2.45, 2.75) is 11.8 Å². The summed E-state index contributed by atoms with van der Waals surface area (Å²) in [5, 5.41) is 3.18. The monoisotopic (exact) mass is 480 g/mol. The number of hydrogen-bond acceptors (Lipinski definition) is 4. The molecule has 10 heteroatoms. The van der Waals surface area contributed by atoms with E-state index >= 15 is 0 Å². The minimum atomic E-state index is -3.97. The molecule has 0 aliphatic carbocycles. The molecule has 0 unspecified atom stereocenters. The van der Waals surface area contributed by atoms with Crippen LogP contribution >= 0.6 is 39.1 Å². The third-order valence-electron chi connectivity index (χ3n) is 3.12. The van der Waals surface area contributed by atoms with Crippen LogP contribution in [0.25, 0.3) is 0 Å². The SMILES string of the molecule is CCOc1ccc(Br)cc1S(=O)(=O)NCC(=O)Nc1cc(Cl)ccc1Cl. The van der Waals surface area contributed by atoms with Gasteiger partial charge in [-0.1, -0.05) is 39.1 Å².